The normalized spacial score (nSPS) is 10.1. The molecule has 2 rings (SSSR count). The van der Waals surface area contributed by atoms with Gasteiger partial charge in [0.1, 0.15) is 16.5 Å². The second-order valence-corrected chi connectivity index (χ2v) is 4.99. The fourth-order valence-corrected chi connectivity index (χ4v) is 2.17. The molecule has 0 unspecified atom stereocenters. The van der Waals surface area contributed by atoms with Crippen LogP contribution in [0.1, 0.15) is 5.56 Å². The van der Waals surface area contributed by atoms with Gasteiger partial charge in [0, 0.05) is 16.2 Å². The highest BCUT2D eigenvalue weighted by Gasteiger charge is 2.08. The minimum absolute atomic E-state index is 0.00139. The number of aromatic hydroxyl groups is 2. The average Bonchev–Trinajstić information content (AvgIpc) is 2.28. The zero-order valence-electron chi connectivity index (χ0n) is 9.22. The molecular formula is C13H10BrNO2S. The van der Waals surface area contributed by atoms with Crippen molar-refractivity contribution in [2.45, 2.75) is 0 Å². The first-order chi connectivity index (χ1) is 8.56. The van der Waals surface area contributed by atoms with Gasteiger partial charge in [0.25, 0.3) is 0 Å². The van der Waals surface area contributed by atoms with Crippen molar-refractivity contribution in [2.75, 3.05) is 5.32 Å². The van der Waals surface area contributed by atoms with E-state index >= 15 is 0 Å². The summed E-state index contributed by atoms with van der Waals surface area (Å²) in [6, 6.07) is 11.8. The molecule has 2 aromatic carbocycles. The van der Waals surface area contributed by atoms with Gasteiger partial charge in [0.05, 0.1) is 5.56 Å². The molecule has 0 bridgehead atoms. The van der Waals surface area contributed by atoms with Gasteiger partial charge in [-0.05, 0) is 30.3 Å². The summed E-state index contributed by atoms with van der Waals surface area (Å²) in [6.45, 7) is 0. The lowest BCUT2D eigenvalue weighted by atomic mass is 10.2. The van der Waals surface area contributed by atoms with Crippen LogP contribution in [0.2, 0.25) is 0 Å². The van der Waals surface area contributed by atoms with Crippen molar-refractivity contribution in [3.63, 3.8) is 0 Å². The molecule has 0 saturated heterocycles. The highest BCUT2D eigenvalue weighted by Crippen LogP contribution is 2.24. The summed E-state index contributed by atoms with van der Waals surface area (Å²) >= 11 is 8.58. The maximum atomic E-state index is 9.70. The molecule has 0 radical (unpaired) electrons. The zero-order chi connectivity index (χ0) is 13.1. The molecule has 18 heavy (non-hydrogen) atoms. The fourth-order valence-electron chi connectivity index (χ4n) is 1.48. The number of phenolic OH excluding ortho intramolecular Hbond substituents is 2. The maximum Gasteiger partial charge on any atom is 0.129 e. The topological polar surface area (TPSA) is 52.5 Å². The molecule has 3 N–H and O–H groups in total. The van der Waals surface area contributed by atoms with E-state index in [1.165, 1.54) is 12.1 Å². The number of benzene rings is 2. The van der Waals surface area contributed by atoms with Crippen molar-refractivity contribution >= 4 is 38.8 Å². The molecule has 2 aromatic rings. The Morgan fingerprint density at radius 1 is 1.11 bits per heavy atom. The van der Waals surface area contributed by atoms with E-state index in [-0.39, 0.29) is 11.5 Å². The van der Waals surface area contributed by atoms with Gasteiger partial charge in [-0.2, -0.15) is 0 Å². The van der Waals surface area contributed by atoms with Crippen LogP contribution in [-0.4, -0.2) is 15.2 Å². The molecule has 0 saturated carbocycles. The van der Waals surface area contributed by atoms with Crippen molar-refractivity contribution in [3.8, 4) is 11.5 Å². The Morgan fingerprint density at radius 3 is 2.56 bits per heavy atom. The van der Waals surface area contributed by atoms with Crippen molar-refractivity contribution in [2.24, 2.45) is 0 Å². The molecule has 0 atom stereocenters. The Kier molecular flexibility index (Phi) is 3.84. The van der Waals surface area contributed by atoms with E-state index in [9.17, 15) is 10.2 Å². The highest BCUT2D eigenvalue weighted by molar-refractivity contribution is 9.10. The van der Waals surface area contributed by atoms with E-state index in [1.807, 2.05) is 24.3 Å². The van der Waals surface area contributed by atoms with Gasteiger partial charge in [0.2, 0.25) is 0 Å². The number of phenols is 2. The third kappa shape index (κ3) is 3.00. The van der Waals surface area contributed by atoms with Crippen LogP contribution in [0, 0.1) is 0 Å². The second-order valence-electron chi connectivity index (χ2n) is 3.67. The van der Waals surface area contributed by atoms with Crippen LogP contribution in [-0.2, 0) is 0 Å². The molecule has 0 aliphatic heterocycles. The predicted octanol–water partition coefficient (Wildman–Crippen LogP) is 3.65. The molecule has 0 heterocycles. The van der Waals surface area contributed by atoms with Crippen molar-refractivity contribution in [3.05, 3.63) is 52.5 Å². The molecule has 5 heteroatoms. The quantitative estimate of drug-likeness (QED) is 0.738. The van der Waals surface area contributed by atoms with Gasteiger partial charge in [0.15, 0.2) is 0 Å². The number of rotatable bonds is 2. The van der Waals surface area contributed by atoms with Crippen molar-refractivity contribution in [1.29, 1.82) is 0 Å². The third-order valence-corrected chi connectivity index (χ3v) is 3.12. The van der Waals surface area contributed by atoms with Crippen molar-refractivity contribution in [1.82, 2.24) is 0 Å². The van der Waals surface area contributed by atoms with E-state index in [0.29, 0.717) is 10.6 Å². The summed E-state index contributed by atoms with van der Waals surface area (Å²) in [5.74, 6) is -0.0518. The van der Waals surface area contributed by atoms with Crippen LogP contribution in [0.4, 0.5) is 5.69 Å². The second kappa shape index (κ2) is 5.37. The molecule has 0 amide bonds. The van der Waals surface area contributed by atoms with E-state index in [0.717, 1.165) is 10.2 Å². The van der Waals surface area contributed by atoms with Crippen LogP contribution < -0.4 is 5.32 Å². The van der Waals surface area contributed by atoms with E-state index in [1.54, 1.807) is 6.07 Å². The molecule has 0 aliphatic rings. The fraction of sp³-hybridized carbons (Fsp3) is 0. The standard InChI is InChI=1S/C13H10BrNO2S/c14-8-2-1-3-9(6-8)15-13(18)11-5-4-10(16)7-12(11)17/h1-7,16-17H,(H,15,18). The monoisotopic (exact) mass is 323 g/mol. The molecule has 0 fully saturated rings. The number of halogens is 1. The Bertz CT molecular complexity index is 601. The Balaban J connectivity index is 2.22. The molecule has 0 aliphatic carbocycles. The van der Waals surface area contributed by atoms with Crippen LogP contribution in [0.5, 0.6) is 11.5 Å². The number of thiocarbonyl (C=S) groups is 1. The van der Waals surface area contributed by atoms with Crippen LogP contribution in [0.3, 0.4) is 0 Å². The van der Waals surface area contributed by atoms with Crippen LogP contribution in [0.25, 0.3) is 0 Å². The average molecular weight is 324 g/mol. The number of nitrogens with one attached hydrogen (secondary N) is 1. The van der Waals surface area contributed by atoms with Gasteiger partial charge in [-0.1, -0.05) is 34.2 Å². The minimum atomic E-state index is -0.0532. The summed E-state index contributed by atoms with van der Waals surface area (Å²) in [5.41, 5.74) is 1.30. The van der Waals surface area contributed by atoms with E-state index in [4.69, 9.17) is 12.2 Å². The molecular weight excluding hydrogens is 314 g/mol. The van der Waals surface area contributed by atoms with Gasteiger partial charge >= 0.3 is 0 Å². The van der Waals surface area contributed by atoms with Gasteiger partial charge in [-0.25, -0.2) is 0 Å². The maximum absolute atomic E-state index is 9.70. The Labute approximate surface area is 118 Å². The smallest absolute Gasteiger partial charge is 0.129 e. The lowest BCUT2D eigenvalue weighted by Crippen LogP contribution is -2.10. The van der Waals surface area contributed by atoms with Gasteiger partial charge in [-0.15, -0.1) is 0 Å². The highest BCUT2D eigenvalue weighted by atomic mass is 79.9. The summed E-state index contributed by atoms with van der Waals surface area (Å²) in [4.78, 5) is 0.394. The Hall–Kier alpha value is -1.59. The largest absolute Gasteiger partial charge is 0.508 e. The number of anilines is 1. The van der Waals surface area contributed by atoms with Crippen LogP contribution in [0.15, 0.2) is 46.9 Å². The lowest BCUT2D eigenvalue weighted by molar-refractivity contribution is 0.450. The summed E-state index contributed by atoms with van der Waals surface area (Å²) < 4.78 is 0.935. The number of hydrogen-bond acceptors (Lipinski definition) is 3. The zero-order valence-corrected chi connectivity index (χ0v) is 11.6. The predicted molar refractivity (Wildman–Crippen MR) is 79.2 cm³/mol. The van der Waals surface area contributed by atoms with Crippen molar-refractivity contribution < 1.29 is 10.2 Å². The van der Waals surface area contributed by atoms with E-state index < -0.39 is 0 Å². The third-order valence-electron chi connectivity index (χ3n) is 2.31. The molecule has 3 nitrogen and oxygen atoms in total. The van der Waals surface area contributed by atoms with Gasteiger partial charge in [-0.3, -0.25) is 0 Å². The first-order valence-corrected chi connectivity index (χ1v) is 6.35. The summed E-state index contributed by atoms with van der Waals surface area (Å²) in [7, 11) is 0. The summed E-state index contributed by atoms with van der Waals surface area (Å²) in [6.07, 6.45) is 0. The molecule has 0 spiro atoms. The van der Waals surface area contributed by atoms with Gasteiger partial charge < -0.3 is 15.5 Å². The van der Waals surface area contributed by atoms with E-state index in [2.05, 4.69) is 21.2 Å². The van der Waals surface area contributed by atoms with Crippen LogP contribution >= 0.6 is 28.1 Å². The SMILES string of the molecule is Oc1ccc(C(=S)Nc2cccc(Br)c2)c(O)c1. The lowest BCUT2D eigenvalue weighted by Gasteiger charge is -2.10. The Morgan fingerprint density at radius 2 is 1.89 bits per heavy atom. The summed E-state index contributed by atoms with van der Waals surface area (Å²) in [5, 5.41) is 21.9. The minimum Gasteiger partial charge on any atom is -0.508 e. The molecule has 0 aromatic heterocycles. The molecule has 92 valence electrons. The number of hydrogen-bond donors (Lipinski definition) is 3. The first-order valence-electron chi connectivity index (χ1n) is 5.15. The first kappa shape index (κ1) is 12.9.